The zero-order chi connectivity index (χ0) is 10.4. The van der Waals surface area contributed by atoms with Crippen molar-refractivity contribution in [3.63, 3.8) is 0 Å². The fraction of sp³-hybridized carbons (Fsp3) is 1.00. The van der Waals surface area contributed by atoms with Crippen LogP contribution in [0, 0.1) is 11.8 Å². The molecule has 0 aliphatic carbocycles. The topological polar surface area (TPSA) is 12.0 Å². The Morgan fingerprint density at radius 1 is 1.36 bits per heavy atom. The molecule has 0 radical (unpaired) electrons. The summed E-state index contributed by atoms with van der Waals surface area (Å²) in [6.07, 6.45) is 5.58. The number of thioether (sulfide) groups is 1. The Kier molecular flexibility index (Phi) is 5.95. The van der Waals surface area contributed by atoms with Crippen molar-refractivity contribution in [2.45, 2.75) is 45.6 Å². The summed E-state index contributed by atoms with van der Waals surface area (Å²) in [4.78, 5) is 0. The molecular weight excluding hydrogens is 190 g/mol. The molecule has 1 N–H and O–H groups in total. The monoisotopic (exact) mass is 215 g/mol. The maximum atomic E-state index is 3.49. The third-order valence-corrected chi connectivity index (χ3v) is 4.68. The molecule has 1 saturated heterocycles. The molecule has 0 aromatic rings. The van der Waals surface area contributed by atoms with E-state index in [-0.39, 0.29) is 0 Å². The molecule has 1 rings (SSSR count). The minimum atomic E-state index is 0.744. The molecule has 1 fully saturated rings. The Balaban J connectivity index is 2.30. The van der Waals surface area contributed by atoms with Crippen molar-refractivity contribution in [2.75, 3.05) is 18.6 Å². The summed E-state index contributed by atoms with van der Waals surface area (Å²) in [7, 11) is 2.12. The fourth-order valence-corrected chi connectivity index (χ4v) is 3.46. The van der Waals surface area contributed by atoms with Gasteiger partial charge in [-0.2, -0.15) is 11.8 Å². The normalized spacial score (nSPS) is 23.4. The smallest absolute Gasteiger partial charge is 0.00922 e. The van der Waals surface area contributed by atoms with E-state index in [4.69, 9.17) is 0 Å². The van der Waals surface area contributed by atoms with Gasteiger partial charge in [0, 0.05) is 6.04 Å². The predicted molar refractivity (Wildman–Crippen MR) is 67.0 cm³/mol. The van der Waals surface area contributed by atoms with Gasteiger partial charge in [0.15, 0.2) is 0 Å². The van der Waals surface area contributed by atoms with Crippen LogP contribution < -0.4 is 5.32 Å². The average molecular weight is 215 g/mol. The molecule has 1 aliphatic rings. The van der Waals surface area contributed by atoms with Gasteiger partial charge in [-0.25, -0.2) is 0 Å². The SMILES string of the molecule is CCC(C)C(CC1CCSCC1)NC. The van der Waals surface area contributed by atoms with Crippen LogP contribution in [0.1, 0.15) is 39.5 Å². The van der Waals surface area contributed by atoms with Crippen molar-refractivity contribution in [3.05, 3.63) is 0 Å². The van der Waals surface area contributed by atoms with Crippen LogP contribution in [0.4, 0.5) is 0 Å². The van der Waals surface area contributed by atoms with Gasteiger partial charge in [0.25, 0.3) is 0 Å². The van der Waals surface area contributed by atoms with Crippen molar-refractivity contribution in [3.8, 4) is 0 Å². The second kappa shape index (κ2) is 6.73. The largest absolute Gasteiger partial charge is 0.317 e. The van der Waals surface area contributed by atoms with Crippen molar-refractivity contribution in [2.24, 2.45) is 11.8 Å². The quantitative estimate of drug-likeness (QED) is 0.756. The second-order valence-electron chi connectivity index (χ2n) is 4.57. The van der Waals surface area contributed by atoms with Gasteiger partial charge in [0.2, 0.25) is 0 Å². The molecule has 2 atom stereocenters. The van der Waals surface area contributed by atoms with Gasteiger partial charge in [0.1, 0.15) is 0 Å². The van der Waals surface area contributed by atoms with E-state index in [9.17, 15) is 0 Å². The molecule has 1 aliphatic heterocycles. The molecule has 0 aromatic carbocycles. The zero-order valence-electron chi connectivity index (χ0n) is 9.88. The lowest BCUT2D eigenvalue weighted by atomic mass is 9.87. The Morgan fingerprint density at radius 2 is 2.00 bits per heavy atom. The van der Waals surface area contributed by atoms with Crippen LogP contribution in [-0.4, -0.2) is 24.6 Å². The molecule has 0 saturated carbocycles. The molecule has 2 heteroatoms. The Labute approximate surface area is 93.4 Å². The molecule has 1 nitrogen and oxygen atoms in total. The Hall–Kier alpha value is 0.310. The molecule has 1 heterocycles. The van der Waals surface area contributed by atoms with Gasteiger partial charge in [0.05, 0.1) is 0 Å². The minimum Gasteiger partial charge on any atom is -0.317 e. The highest BCUT2D eigenvalue weighted by atomic mass is 32.2. The molecular formula is C12H25NS. The van der Waals surface area contributed by atoms with Gasteiger partial charge in [-0.3, -0.25) is 0 Å². The maximum absolute atomic E-state index is 3.49. The molecule has 0 spiro atoms. The van der Waals surface area contributed by atoms with Crippen molar-refractivity contribution >= 4 is 11.8 Å². The van der Waals surface area contributed by atoms with Crippen LogP contribution in [0.25, 0.3) is 0 Å². The summed E-state index contributed by atoms with van der Waals surface area (Å²) in [6.45, 7) is 4.67. The van der Waals surface area contributed by atoms with E-state index < -0.39 is 0 Å². The third-order valence-electron chi connectivity index (χ3n) is 3.63. The van der Waals surface area contributed by atoms with Crippen LogP contribution in [0.15, 0.2) is 0 Å². The van der Waals surface area contributed by atoms with E-state index in [0.717, 1.165) is 17.9 Å². The lowest BCUT2D eigenvalue weighted by Gasteiger charge is -2.29. The molecule has 2 unspecified atom stereocenters. The fourth-order valence-electron chi connectivity index (χ4n) is 2.26. The summed E-state index contributed by atoms with van der Waals surface area (Å²) in [5, 5.41) is 3.49. The third kappa shape index (κ3) is 3.82. The van der Waals surface area contributed by atoms with Gasteiger partial charge >= 0.3 is 0 Å². The highest BCUT2D eigenvalue weighted by Crippen LogP contribution is 2.28. The Morgan fingerprint density at radius 3 is 2.50 bits per heavy atom. The number of hydrogen-bond acceptors (Lipinski definition) is 2. The summed E-state index contributed by atoms with van der Waals surface area (Å²) >= 11 is 2.13. The van der Waals surface area contributed by atoms with Gasteiger partial charge < -0.3 is 5.32 Å². The van der Waals surface area contributed by atoms with E-state index in [2.05, 4.69) is 38.0 Å². The van der Waals surface area contributed by atoms with E-state index in [0.29, 0.717) is 0 Å². The van der Waals surface area contributed by atoms with Crippen LogP contribution in [0.5, 0.6) is 0 Å². The first-order valence-electron chi connectivity index (χ1n) is 6.03. The predicted octanol–water partition coefficient (Wildman–Crippen LogP) is 3.15. The van der Waals surface area contributed by atoms with Crippen LogP contribution >= 0.6 is 11.8 Å². The first-order chi connectivity index (χ1) is 6.77. The van der Waals surface area contributed by atoms with E-state index >= 15 is 0 Å². The van der Waals surface area contributed by atoms with Gasteiger partial charge in [-0.05, 0) is 49.7 Å². The standard InChI is InChI=1S/C12H25NS/c1-4-10(2)12(13-3)9-11-5-7-14-8-6-11/h10-13H,4-9H2,1-3H3. The second-order valence-corrected chi connectivity index (χ2v) is 5.80. The molecule has 84 valence electrons. The van der Waals surface area contributed by atoms with E-state index in [1.54, 1.807) is 0 Å². The molecule has 14 heavy (non-hydrogen) atoms. The molecule has 0 bridgehead atoms. The van der Waals surface area contributed by atoms with Crippen molar-refractivity contribution < 1.29 is 0 Å². The first kappa shape index (κ1) is 12.4. The highest BCUT2D eigenvalue weighted by molar-refractivity contribution is 7.99. The van der Waals surface area contributed by atoms with Crippen molar-refractivity contribution in [1.29, 1.82) is 0 Å². The van der Waals surface area contributed by atoms with Crippen LogP contribution in [-0.2, 0) is 0 Å². The Bertz CT molecular complexity index is 143. The zero-order valence-corrected chi connectivity index (χ0v) is 10.7. The summed E-state index contributed by atoms with van der Waals surface area (Å²) in [5.41, 5.74) is 0. The highest BCUT2D eigenvalue weighted by Gasteiger charge is 2.21. The molecule has 0 amide bonds. The summed E-state index contributed by atoms with van der Waals surface area (Å²) in [5.74, 6) is 4.60. The van der Waals surface area contributed by atoms with Gasteiger partial charge in [-0.1, -0.05) is 20.3 Å². The lowest BCUT2D eigenvalue weighted by molar-refractivity contribution is 0.302. The van der Waals surface area contributed by atoms with E-state index in [1.165, 1.54) is 37.2 Å². The van der Waals surface area contributed by atoms with Crippen molar-refractivity contribution in [1.82, 2.24) is 5.32 Å². The summed E-state index contributed by atoms with van der Waals surface area (Å²) in [6, 6.07) is 0.744. The number of nitrogens with one attached hydrogen (secondary N) is 1. The average Bonchev–Trinajstić information content (AvgIpc) is 2.26. The summed E-state index contributed by atoms with van der Waals surface area (Å²) < 4.78 is 0. The minimum absolute atomic E-state index is 0.744. The van der Waals surface area contributed by atoms with Crippen LogP contribution in [0.3, 0.4) is 0 Å². The maximum Gasteiger partial charge on any atom is 0.00922 e. The lowest BCUT2D eigenvalue weighted by Crippen LogP contribution is -2.34. The first-order valence-corrected chi connectivity index (χ1v) is 7.18. The van der Waals surface area contributed by atoms with Crippen LogP contribution in [0.2, 0.25) is 0 Å². The number of rotatable bonds is 5. The van der Waals surface area contributed by atoms with Gasteiger partial charge in [-0.15, -0.1) is 0 Å². The number of hydrogen-bond donors (Lipinski definition) is 1. The molecule has 0 aromatic heterocycles. The van der Waals surface area contributed by atoms with E-state index in [1.807, 2.05) is 0 Å².